The SMILES string of the molecule is Cn1cc([N+](=O)[O-])c(NCc2nncn2C)n1. The van der Waals surface area contributed by atoms with Crippen LogP contribution < -0.4 is 5.32 Å². The maximum Gasteiger partial charge on any atom is 0.330 e. The molecule has 2 aromatic rings. The molecule has 0 aliphatic carbocycles. The zero-order valence-corrected chi connectivity index (χ0v) is 9.36. The fourth-order valence-electron chi connectivity index (χ4n) is 1.37. The van der Waals surface area contributed by atoms with Crippen molar-refractivity contribution in [1.82, 2.24) is 24.5 Å². The number of nitrogens with one attached hydrogen (secondary N) is 1. The first-order chi connectivity index (χ1) is 8.08. The molecule has 17 heavy (non-hydrogen) atoms. The van der Waals surface area contributed by atoms with E-state index in [1.54, 1.807) is 25.0 Å². The molecule has 0 unspecified atom stereocenters. The zero-order chi connectivity index (χ0) is 12.4. The van der Waals surface area contributed by atoms with Crippen LogP contribution in [0.1, 0.15) is 5.82 Å². The third-order valence-electron chi connectivity index (χ3n) is 2.23. The second-order valence-electron chi connectivity index (χ2n) is 3.51. The minimum Gasteiger partial charge on any atom is -0.356 e. The van der Waals surface area contributed by atoms with Crippen molar-refractivity contribution in [3.63, 3.8) is 0 Å². The second-order valence-corrected chi connectivity index (χ2v) is 3.51. The van der Waals surface area contributed by atoms with Gasteiger partial charge in [-0.15, -0.1) is 15.3 Å². The molecule has 9 nitrogen and oxygen atoms in total. The molecular weight excluding hydrogens is 226 g/mol. The predicted octanol–water partition coefficient (Wildman–Crippen LogP) is 0.0689. The first-order valence-electron chi connectivity index (χ1n) is 4.82. The van der Waals surface area contributed by atoms with Gasteiger partial charge in [-0.1, -0.05) is 0 Å². The number of hydrogen-bond acceptors (Lipinski definition) is 6. The number of rotatable bonds is 4. The van der Waals surface area contributed by atoms with Crippen LogP contribution in [0.4, 0.5) is 11.5 Å². The van der Waals surface area contributed by atoms with Crippen molar-refractivity contribution in [2.45, 2.75) is 6.54 Å². The monoisotopic (exact) mass is 237 g/mol. The van der Waals surface area contributed by atoms with Gasteiger partial charge in [0.1, 0.15) is 12.5 Å². The van der Waals surface area contributed by atoms with E-state index in [0.29, 0.717) is 12.4 Å². The summed E-state index contributed by atoms with van der Waals surface area (Å²) in [6, 6.07) is 0. The zero-order valence-electron chi connectivity index (χ0n) is 9.36. The van der Waals surface area contributed by atoms with Gasteiger partial charge >= 0.3 is 5.69 Å². The molecule has 0 fully saturated rings. The van der Waals surface area contributed by atoms with E-state index in [9.17, 15) is 10.1 Å². The number of nitro groups is 1. The molecule has 9 heteroatoms. The van der Waals surface area contributed by atoms with Crippen LogP contribution in [0.2, 0.25) is 0 Å². The van der Waals surface area contributed by atoms with E-state index in [1.165, 1.54) is 10.9 Å². The minimum absolute atomic E-state index is 0.0605. The lowest BCUT2D eigenvalue weighted by atomic mass is 10.5. The van der Waals surface area contributed by atoms with Gasteiger partial charge in [-0.2, -0.15) is 0 Å². The Balaban J connectivity index is 2.14. The summed E-state index contributed by atoms with van der Waals surface area (Å²) >= 11 is 0. The molecule has 0 amide bonds. The van der Waals surface area contributed by atoms with Crippen LogP contribution in [0.3, 0.4) is 0 Å². The maximum atomic E-state index is 10.7. The van der Waals surface area contributed by atoms with E-state index >= 15 is 0 Å². The van der Waals surface area contributed by atoms with Gasteiger partial charge in [-0.25, -0.2) is 0 Å². The van der Waals surface area contributed by atoms with E-state index in [2.05, 4.69) is 20.6 Å². The quantitative estimate of drug-likeness (QED) is 0.596. The van der Waals surface area contributed by atoms with Crippen molar-refractivity contribution in [3.8, 4) is 0 Å². The molecule has 0 bridgehead atoms. The Morgan fingerprint density at radius 1 is 1.53 bits per heavy atom. The van der Waals surface area contributed by atoms with Crippen LogP contribution in [0.25, 0.3) is 0 Å². The number of anilines is 1. The first-order valence-corrected chi connectivity index (χ1v) is 4.82. The number of aryl methyl sites for hydroxylation is 2. The Morgan fingerprint density at radius 3 is 2.88 bits per heavy atom. The van der Waals surface area contributed by atoms with E-state index in [1.807, 2.05) is 0 Å². The highest BCUT2D eigenvalue weighted by Crippen LogP contribution is 2.21. The molecule has 0 saturated carbocycles. The smallest absolute Gasteiger partial charge is 0.330 e. The average molecular weight is 237 g/mol. The van der Waals surface area contributed by atoms with Gasteiger partial charge in [0, 0.05) is 14.1 Å². The molecule has 1 N–H and O–H groups in total. The molecule has 2 rings (SSSR count). The van der Waals surface area contributed by atoms with E-state index in [4.69, 9.17) is 0 Å². The van der Waals surface area contributed by atoms with Crippen molar-refractivity contribution in [2.24, 2.45) is 14.1 Å². The van der Waals surface area contributed by atoms with Gasteiger partial charge in [-0.05, 0) is 0 Å². The summed E-state index contributed by atoms with van der Waals surface area (Å²) in [6.07, 6.45) is 2.91. The van der Waals surface area contributed by atoms with Crippen LogP contribution in [0.15, 0.2) is 12.5 Å². The summed E-state index contributed by atoms with van der Waals surface area (Å²) in [7, 11) is 3.42. The Kier molecular flexibility index (Phi) is 2.73. The Labute approximate surface area is 96.2 Å². The van der Waals surface area contributed by atoms with Crippen molar-refractivity contribution < 1.29 is 4.92 Å². The lowest BCUT2D eigenvalue weighted by Gasteiger charge is -2.01. The minimum atomic E-state index is -0.480. The first kappa shape index (κ1) is 11.0. The predicted molar refractivity (Wildman–Crippen MR) is 58.2 cm³/mol. The fraction of sp³-hybridized carbons (Fsp3) is 0.375. The van der Waals surface area contributed by atoms with Gasteiger partial charge in [-0.3, -0.25) is 14.8 Å². The molecule has 90 valence electrons. The molecule has 0 aliphatic heterocycles. The third-order valence-corrected chi connectivity index (χ3v) is 2.23. The standard InChI is InChI=1S/C8H11N7O2/c1-13-5-10-11-7(13)3-9-8-6(15(16)17)4-14(2)12-8/h4-5H,3H2,1-2H3,(H,9,12). The van der Waals surface area contributed by atoms with Crippen LogP contribution in [0, 0.1) is 10.1 Å². The van der Waals surface area contributed by atoms with E-state index in [-0.39, 0.29) is 11.5 Å². The number of aromatic nitrogens is 5. The van der Waals surface area contributed by atoms with Crippen molar-refractivity contribution >= 4 is 11.5 Å². The molecule has 0 saturated heterocycles. The van der Waals surface area contributed by atoms with Crippen molar-refractivity contribution in [1.29, 1.82) is 0 Å². The number of nitrogens with zero attached hydrogens (tertiary/aromatic N) is 6. The van der Waals surface area contributed by atoms with Crippen LogP contribution >= 0.6 is 0 Å². The van der Waals surface area contributed by atoms with Crippen LogP contribution in [-0.2, 0) is 20.6 Å². The molecular formula is C8H11N7O2. The average Bonchev–Trinajstić information content (AvgIpc) is 2.82. The van der Waals surface area contributed by atoms with Gasteiger partial charge in [0.25, 0.3) is 0 Å². The van der Waals surface area contributed by atoms with Crippen molar-refractivity contribution in [3.05, 3.63) is 28.5 Å². The largest absolute Gasteiger partial charge is 0.356 e. The van der Waals surface area contributed by atoms with Crippen LogP contribution in [0.5, 0.6) is 0 Å². The summed E-state index contributed by atoms with van der Waals surface area (Å²) in [4.78, 5) is 10.3. The fourth-order valence-corrected chi connectivity index (χ4v) is 1.37. The highest BCUT2D eigenvalue weighted by molar-refractivity contribution is 5.54. The van der Waals surface area contributed by atoms with Crippen molar-refractivity contribution in [2.75, 3.05) is 5.32 Å². The van der Waals surface area contributed by atoms with E-state index < -0.39 is 4.92 Å². The maximum absolute atomic E-state index is 10.7. The Bertz CT molecular complexity index is 544. The molecule has 0 radical (unpaired) electrons. The third kappa shape index (κ3) is 2.22. The van der Waals surface area contributed by atoms with Gasteiger partial charge in [0.15, 0.2) is 5.82 Å². The highest BCUT2D eigenvalue weighted by atomic mass is 16.6. The lowest BCUT2D eigenvalue weighted by molar-refractivity contribution is -0.384. The molecule has 0 atom stereocenters. The highest BCUT2D eigenvalue weighted by Gasteiger charge is 2.18. The Hall–Kier alpha value is -2.45. The Morgan fingerprint density at radius 2 is 2.29 bits per heavy atom. The van der Waals surface area contributed by atoms with Gasteiger partial charge < -0.3 is 9.88 Å². The lowest BCUT2D eigenvalue weighted by Crippen LogP contribution is -2.07. The summed E-state index contributed by atoms with van der Waals surface area (Å²) < 4.78 is 3.11. The summed E-state index contributed by atoms with van der Waals surface area (Å²) in [6.45, 7) is 0.328. The van der Waals surface area contributed by atoms with Gasteiger partial charge in [0.05, 0.1) is 11.5 Å². The molecule has 0 aliphatic rings. The normalized spacial score (nSPS) is 10.5. The number of hydrogen-bond donors (Lipinski definition) is 1. The molecule has 2 aromatic heterocycles. The van der Waals surface area contributed by atoms with Gasteiger partial charge in [0.2, 0.25) is 5.82 Å². The van der Waals surface area contributed by atoms with E-state index in [0.717, 1.165) is 0 Å². The summed E-state index contributed by atoms with van der Waals surface area (Å²) in [5.74, 6) is 0.894. The van der Waals surface area contributed by atoms with Crippen LogP contribution in [-0.4, -0.2) is 29.5 Å². The molecule has 0 spiro atoms. The summed E-state index contributed by atoms with van der Waals surface area (Å²) in [5, 5.41) is 25.1. The second kappa shape index (κ2) is 4.20. The molecule has 0 aromatic carbocycles. The molecule has 2 heterocycles. The summed E-state index contributed by atoms with van der Waals surface area (Å²) in [5.41, 5.74) is -0.0605. The topological polar surface area (TPSA) is 104 Å².